The molecule has 0 aliphatic carbocycles. The molecule has 1 aliphatic heterocycles. The molecule has 0 fully saturated rings. The number of hydrogen-bond acceptors (Lipinski definition) is 2. The van der Waals surface area contributed by atoms with Crippen LogP contribution in [-0.4, -0.2) is 16.3 Å². The van der Waals surface area contributed by atoms with E-state index in [1.165, 1.54) is 45.1 Å². The second-order valence-corrected chi connectivity index (χ2v) is 6.32. The second-order valence-electron chi connectivity index (χ2n) is 4.81. The Balaban J connectivity index is 2.03. The molecule has 0 radical (unpaired) electrons. The summed E-state index contributed by atoms with van der Waals surface area (Å²) in [6.45, 7) is 8.10. The Morgan fingerprint density at radius 2 is 1.73 bits per heavy atom. The zero-order chi connectivity index (χ0) is 11.1. The highest BCUT2D eigenvalue weighted by Gasteiger charge is 2.27. The fourth-order valence-electron chi connectivity index (χ4n) is 1.92. The fourth-order valence-corrected chi connectivity index (χ4v) is 2.75. The van der Waals surface area contributed by atoms with Gasteiger partial charge in [0.25, 0.3) is 0 Å². The van der Waals surface area contributed by atoms with Crippen LogP contribution in [0.3, 0.4) is 0 Å². The molecule has 1 nitrogen and oxygen atoms in total. The van der Waals surface area contributed by atoms with Gasteiger partial charge in [-0.15, -0.1) is 11.8 Å². The topological polar surface area (TPSA) is 3.24 Å². The second kappa shape index (κ2) is 6.47. The van der Waals surface area contributed by atoms with E-state index in [1.54, 1.807) is 0 Å². The van der Waals surface area contributed by atoms with Gasteiger partial charge in [-0.05, 0) is 25.7 Å². The van der Waals surface area contributed by atoms with E-state index in [0.717, 1.165) is 0 Å². The van der Waals surface area contributed by atoms with Crippen molar-refractivity contribution in [1.82, 2.24) is 4.90 Å². The molecule has 0 aromatic rings. The van der Waals surface area contributed by atoms with E-state index in [0.29, 0.717) is 4.87 Å². The first-order chi connectivity index (χ1) is 7.17. The van der Waals surface area contributed by atoms with Crippen LogP contribution in [0, 0.1) is 0 Å². The van der Waals surface area contributed by atoms with E-state index in [4.69, 9.17) is 0 Å². The maximum atomic E-state index is 2.47. The van der Waals surface area contributed by atoms with Crippen molar-refractivity contribution in [3.63, 3.8) is 0 Å². The van der Waals surface area contributed by atoms with Crippen molar-refractivity contribution in [3.05, 3.63) is 11.6 Å². The van der Waals surface area contributed by atoms with Crippen LogP contribution in [0.2, 0.25) is 0 Å². The molecular formula is C13H25NS. The van der Waals surface area contributed by atoms with Crippen LogP contribution in [0.5, 0.6) is 0 Å². The van der Waals surface area contributed by atoms with Crippen molar-refractivity contribution in [2.24, 2.45) is 0 Å². The molecule has 15 heavy (non-hydrogen) atoms. The average molecular weight is 227 g/mol. The number of nitrogens with zero attached hydrogens (tertiary/aromatic N) is 1. The highest BCUT2D eigenvalue weighted by atomic mass is 32.2. The molecule has 0 spiro atoms. The van der Waals surface area contributed by atoms with Gasteiger partial charge in [0.1, 0.15) is 0 Å². The molecule has 0 saturated carbocycles. The van der Waals surface area contributed by atoms with Crippen LogP contribution in [0.4, 0.5) is 0 Å². The summed E-state index contributed by atoms with van der Waals surface area (Å²) in [4.78, 5) is 2.76. The average Bonchev–Trinajstić information content (AvgIpc) is 2.52. The third-order valence-electron chi connectivity index (χ3n) is 3.04. The molecule has 0 amide bonds. The molecular weight excluding hydrogens is 202 g/mol. The summed E-state index contributed by atoms with van der Waals surface area (Å²) in [6, 6.07) is 0. The largest absolute Gasteiger partial charge is 0.363 e. The van der Waals surface area contributed by atoms with Gasteiger partial charge >= 0.3 is 0 Å². The standard InChI is InChI=1S/C13H25NS/c1-4-5-6-7-8-9-10-14-11-12-15-13(14,2)3/h11-12H,4-10H2,1-3H3. The maximum Gasteiger partial charge on any atom is 0.0839 e. The summed E-state index contributed by atoms with van der Waals surface area (Å²) >= 11 is 1.92. The van der Waals surface area contributed by atoms with E-state index >= 15 is 0 Å². The number of hydrogen-bond donors (Lipinski definition) is 0. The molecule has 1 heterocycles. The molecule has 88 valence electrons. The van der Waals surface area contributed by atoms with E-state index in [1.807, 2.05) is 11.8 Å². The van der Waals surface area contributed by atoms with Crippen molar-refractivity contribution in [2.45, 2.75) is 64.2 Å². The SMILES string of the molecule is CCCCCCCCN1C=CSC1(C)C. The van der Waals surface area contributed by atoms with Gasteiger partial charge in [0, 0.05) is 12.7 Å². The predicted molar refractivity (Wildman–Crippen MR) is 70.9 cm³/mol. The lowest BCUT2D eigenvalue weighted by Crippen LogP contribution is -2.34. The van der Waals surface area contributed by atoms with E-state index in [2.05, 4.69) is 37.3 Å². The highest BCUT2D eigenvalue weighted by molar-refractivity contribution is 8.03. The molecule has 0 aromatic carbocycles. The molecule has 0 N–H and O–H groups in total. The zero-order valence-electron chi connectivity index (χ0n) is 10.5. The van der Waals surface area contributed by atoms with Crippen molar-refractivity contribution >= 4 is 11.8 Å². The minimum atomic E-state index is 0.295. The predicted octanol–water partition coefficient (Wildman–Crippen LogP) is 4.60. The lowest BCUT2D eigenvalue weighted by molar-refractivity contribution is 0.280. The molecule has 2 heteroatoms. The van der Waals surface area contributed by atoms with Gasteiger partial charge in [-0.2, -0.15) is 0 Å². The molecule has 0 atom stereocenters. The number of thioether (sulfide) groups is 1. The van der Waals surface area contributed by atoms with Crippen LogP contribution in [0.15, 0.2) is 11.6 Å². The Hall–Kier alpha value is -0.110. The summed E-state index contributed by atoms with van der Waals surface area (Å²) in [5, 5.41) is 2.22. The van der Waals surface area contributed by atoms with Gasteiger partial charge in [0.2, 0.25) is 0 Å². The minimum Gasteiger partial charge on any atom is -0.363 e. The molecule has 1 aliphatic rings. The van der Waals surface area contributed by atoms with Crippen molar-refractivity contribution in [3.8, 4) is 0 Å². The third-order valence-corrected chi connectivity index (χ3v) is 4.11. The van der Waals surface area contributed by atoms with Gasteiger partial charge < -0.3 is 4.90 Å². The monoisotopic (exact) mass is 227 g/mol. The Morgan fingerprint density at radius 3 is 2.33 bits per heavy atom. The first kappa shape index (κ1) is 13.0. The Labute approximate surface area is 99.3 Å². The van der Waals surface area contributed by atoms with Crippen molar-refractivity contribution in [2.75, 3.05) is 6.54 Å². The van der Waals surface area contributed by atoms with Crippen molar-refractivity contribution in [1.29, 1.82) is 0 Å². The van der Waals surface area contributed by atoms with Crippen LogP contribution in [0.1, 0.15) is 59.3 Å². The number of unbranched alkanes of at least 4 members (excludes halogenated alkanes) is 5. The first-order valence-corrected chi connectivity index (χ1v) is 7.16. The van der Waals surface area contributed by atoms with Gasteiger partial charge in [0.05, 0.1) is 4.87 Å². The highest BCUT2D eigenvalue weighted by Crippen LogP contribution is 2.35. The summed E-state index contributed by atoms with van der Waals surface area (Å²) in [5.41, 5.74) is 0. The van der Waals surface area contributed by atoms with Gasteiger partial charge in [-0.25, -0.2) is 0 Å². The van der Waals surface area contributed by atoms with E-state index in [-0.39, 0.29) is 0 Å². The molecule has 0 aromatic heterocycles. The first-order valence-electron chi connectivity index (χ1n) is 6.28. The van der Waals surface area contributed by atoms with Crippen LogP contribution < -0.4 is 0 Å². The quantitative estimate of drug-likeness (QED) is 0.585. The smallest absolute Gasteiger partial charge is 0.0839 e. The van der Waals surface area contributed by atoms with Gasteiger partial charge in [-0.1, -0.05) is 39.0 Å². The third kappa shape index (κ3) is 4.50. The van der Waals surface area contributed by atoms with Crippen LogP contribution in [-0.2, 0) is 0 Å². The normalized spacial score (nSPS) is 18.7. The molecule has 0 bridgehead atoms. The summed E-state index contributed by atoms with van der Waals surface area (Å²) in [7, 11) is 0. The Bertz CT molecular complexity index is 199. The van der Waals surface area contributed by atoms with E-state index < -0.39 is 0 Å². The lowest BCUT2D eigenvalue weighted by atomic mass is 10.1. The zero-order valence-corrected chi connectivity index (χ0v) is 11.3. The Morgan fingerprint density at radius 1 is 1.07 bits per heavy atom. The van der Waals surface area contributed by atoms with Crippen LogP contribution in [0.25, 0.3) is 0 Å². The summed E-state index contributed by atoms with van der Waals surface area (Å²) in [5.74, 6) is 0. The minimum absolute atomic E-state index is 0.295. The van der Waals surface area contributed by atoms with E-state index in [9.17, 15) is 0 Å². The Kier molecular flexibility index (Phi) is 5.59. The fraction of sp³-hybridized carbons (Fsp3) is 0.846. The van der Waals surface area contributed by atoms with Crippen LogP contribution >= 0.6 is 11.8 Å². The number of rotatable bonds is 7. The maximum absolute atomic E-state index is 2.47. The molecule has 1 rings (SSSR count). The molecule has 0 saturated heterocycles. The molecule has 0 unspecified atom stereocenters. The summed E-state index contributed by atoms with van der Waals surface area (Å²) < 4.78 is 0. The van der Waals surface area contributed by atoms with Gasteiger partial charge in [0.15, 0.2) is 0 Å². The van der Waals surface area contributed by atoms with Crippen molar-refractivity contribution < 1.29 is 0 Å². The van der Waals surface area contributed by atoms with Gasteiger partial charge in [-0.3, -0.25) is 0 Å². The lowest BCUT2D eigenvalue weighted by Gasteiger charge is -2.31. The summed E-state index contributed by atoms with van der Waals surface area (Å²) in [6.07, 6.45) is 10.6.